The van der Waals surface area contributed by atoms with Crippen molar-refractivity contribution >= 4 is 10.0 Å². The number of nitrogens with zero attached hydrogens (tertiary/aromatic N) is 3. The molecule has 2 atom stereocenters. The Labute approximate surface area is 113 Å². The smallest absolute Gasteiger partial charge is 0.262 e. The molecule has 0 aliphatic carbocycles. The van der Waals surface area contributed by atoms with Crippen LogP contribution in [0.15, 0.2) is 11.2 Å². The molecule has 0 aromatic carbocycles. The van der Waals surface area contributed by atoms with Crippen molar-refractivity contribution in [2.45, 2.75) is 37.6 Å². The molecular weight excluding hydrogens is 268 g/mol. The number of β-amino-alcohol motifs (C(OH)–C–C–N with tert-alkyl or cyclic N) is 1. The Hall–Kier alpha value is -0.960. The van der Waals surface area contributed by atoms with E-state index < -0.39 is 22.2 Å². The van der Waals surface area contributed by atoms with Gasteiger partial charge in [-0.3, -0.25) is 0 Å². The standard InChI is InChI=1S/C11H20N4O3S/c1-4-15-7-11(13-8(15)2)19(17,18)14(3)9-5-12-6-10(9)16/h7,9-10,12,16H,4-6H2,1-3H3/t9-,10-/m0/s1. The number of imidazole rings is 1. The first-order valence-corrected chi connectivity index (χ1v) is 7.72. The van der Waals surface area contributed by atoms with Crippen molar-refractivity contribution in [1.82, 2.24) is 19.2 Å². The van der Waals surface area contributed by atoms with E-state index >= 15 is 0 Å². The fourth-order valence-electron chi connectivity index (χ4n) is 2.27. The predicted molar refractivity (Wildman–Crippen MR) is 70.3 cm³/mol. The monoisotopic (exact) mass is 288 g/mol. The second-order valence-corrected chi connectivity index (χ2v) is 6.67. The fraction of sp³-hybridized carbons (Fsp3) is 0.727. The van der Waals surface area contributed by atoms with Crippen LogP contribution in [0.2, 0.25) is 0 Å². The average Bonchev–Trinajstić information content (AvgIpc) is 2.94. The van der Waals surface area contributed by atoms with Gasteiger partial charge in [0.15, 0.2) is 5.03 Å². The number of hydrogen-bond donors (Lipinski definition) is 2. The molecule has 2 rings (SSSR count). The van der Waals surface area contributed by atoms with E-state index in [1.807, 2.05) is 6.92 Å². The molecule has 0 saturated carbocycles. The molecule has 0 bridgehead atoms. The molecule has 1 saturated heterocycles. The van der Waals surface area contributed by atoms with Gasteiger partial charge in [-0.15, -0.1) is 0 Å². The number of hydrogen-bond acceptors (Lipinski definition) is 5. The summed E-state index contributed by atoms with van der Waals surface area (Å²) < 4.78 is 27.9. The van der Waals surface area contributed by atoms with Crippen molar-refractivity contribution in [3.63, 3.8) is 0 Å². The van der Waals surface area contributed by atoms with E-state index in [9.17, 15) is 13.5 Å². The first-order chi connectivity index (χ1) is 8.87. The molecular formula is C11H20N4O3S. The molecule has 1 aromatic heterocycles. The third kappa shape index (κ3) is 2.53. The molecule has 19 heavy (non-hydrogen) atoms. The average molecular weight is 288 g/mol. The first-order valence-electron chi connectivity index (χ1n) is 6.28. The van der Waals surface area contributed by atoms with Crippen molar-refractivity contribution < 1.29 is 13.5 Å². The van der Waals surface area contributed by atoms with Crippen LogP contribution in [0, 0.1) is 6.92 Å². The Morgan fingerprint density at radius 3 is 2.74 bits per heavy atom. The zero-order valence-corrected chi connectivity index (χ0v) is 12.2. The highest BCUT2D eigenvalue weighted by Crippen LogP contribution is 2.19. The number of aromatic nitrogens is 2. The fourth-order valence-corrected chi connectivity index (χ4v) is 3.65. The second-order valence-electron chi connectivity index (χ2n) is 4.73. The summed E-state index contributed by atoms with van der Waals surface area (Å²) >= 11 is 0. The Balaban J connectivity index is 2.30. The van der Waals surface area contributed by atoms with Gasteiger partial charge in [0.1, 0.15) is 5.82 Å². The van der Waals surface area contributed by atoms with Crippen LogP contribution in [-0.4, -0.2) is 59.7 Å². The number of aliphatic hydroxyl groups excluding tert-OH is 1. The van der Waals surface area contributed by atoms with E-state index in [0.717, 1.165) is 0 Å². The molecule has 7 nitrogen and oxygen atoms in total. The molecule has 108 valence electrons. The van der Waals surface area contributed by atoms with Gasteiger partial charge in [-0.05, 0) is 13.8 Å². The van der Waals surface area contributed by atoms with Crippen LogP contribution in [0.5, 0.6) is 0 Å². The van der Waals surface area contributed by atoms with Crippen LogP contribution in [-0.2, 0) is 16.6 Å². The summed E-state index contributed by atoms with van der Waals surface area (Å²) in [6, 6.07) is -0.447. The lowest BCUT2D eigenvalue weighted by atomic mass is 10.2. The lowest BCUT2D eigenvalue weighted by Crippen LogP contribution is -2.44. The molecule has 1 fully saturated rings. The quantitative estimate of drug-likeness (QED) is 0.755. The summed E-state index contributed by atoms with van der Waals surface area (Å²) in [5, 5.41) is 12.8. The minimum absolute atomic E-state index is 0.0356. The molecule has 0 spiro atoms. The Morgan fingerprint density at radius 1 is 1.58 bits per heavy atom. The van der Waals surface area contributed by atoms with Crippen LogP contribution < -0.4 is 5.32 Å². The third-order valence-corrected chi connectivity index (χ3v) is 5.31. The molecule has 0 unspecified atom stereocenters. The van der Waals surface area contributed by atoms with Crippen molar-refractivity contribution in [2.75, 3.05) is 20.1 Å². The minimum Gasteiger partial charge on any atom is -0.390 e. The number of likely N-dealkylation sites (N-methyl/N-ethyl adjacent to an activating group) is 1. The molecule has 1 aromatic rings. The van der Waals surface area contributed by atoms with Gasteiger partial charge in [-0.25, -0.2) is 13.4 Å². The van der Waals surface area contributed by atoms with Gasteiger partial charge in [0, 0.05) is 32.9 Å². The Morgan fingerprint density at radius 2 is 2.26 bits per heavy atom. The number of sulfonamides is 1. The second kappa shape index (κ2) is 5.20. The third-order valence-electron chi connectivity index (χ3n) is 3.56. The van der Waals surface area contributed by atoms with Gasteiger partial charge in [0.2, 0.25) is 0 Å². The first kappa shape index (κ1) is 14.4. The minimum atomic E-state index is -3.67. The van der Waals surface area contributed by atoms with Gasteiger partial charge >= 0.3 is 0 Å². The van der Waals surface area contributed by atoms with Crippen molar-refractivity contribution in [3.8, 4) is 0 Å². The van der Waals surface area contributed by atoms with Gasteiger partial charge in [0.05, 0.1) is 12.1 Å². The van der Waals surface area contributed by atoms with E-state index in [-0.39, 0.29) is 5.03 Å². The topological polar surface area (TPSA) is 87.5 Å². The predicted octanol–water partition coefficient (Wildman–Crippen LogP) is -0.835. The van der Waals surface area contributed by atoms with Crippen molar-refractivity contribution in [1.29, 1.82) is 0 Å². The lowest BCUT2D eigenvalue weighted by molar-refractivity contribution is 0.136. The summed E-state index contributed by atoms with van der Waals surface area (Å²) in [6.07, 6.45) is 0.852. The zero-order chi connectivity index (χ0) is 14.2. The van der Waals surface area contributed by atoms with E-state index in [1.54, 1.807) is 11.5 Å². The molecule has 1 aliphatic heterocycles. The highest BCUT2D eigenvalue weighted by atomic mass is 32.2. The summed E-state index contributed by atoms with van der Waals surface area (Å²) in [7, 11) is -2.18. The highest BCUT2D eigenvalue weighted by molar-refractivity contribution is 7.89. The number of nitrogens with one attached hydrogen (secondary N) is 1. The molecule has 2 N–H and O–H groups in total. The van der Waals surface area contributed by atoms with Gasteiger partial charge in [-0.2, -0.15) is 4.31 Å². The number of aliphatic hydroxyl groups is 1. The van der Waals surface area contributed by atoms with Crippen molar-refractivity contribution in [2.24, 2.45) is 0 Å². The molecule has 8 heteroatoms. The largest absolute Gasteiger partial charge is 0.390 e. The van der Waals surface area contributed by atoms with Crippen LogP contribution >= 0.6 is 0 Å². The highest BCUT2D eigenvalue weighted by Gasteiger charge is 2.36. The maximum atomic E-state index is 12.5. The van der Waals surface area contributed by atoms with Crippen LogP contribution in [0.25, 0.3) is 0 Å². The van der Waals surface area contributed by atoms with Crippen LogP contribution in [0.1, 0.15) is 12.7 Å². The normalized spacial score (nSPS) is 24.3. The van der Waals surface area contributed by atoms with E-state index in [1.165, 1.54) is 17.5 Å². The van der Waals surface area contributed by atoms with Gasteiger partial charge < -0.3 is 15.0 Å². The lowest BCUT2D eigenvalue weighted by Gasteiger charge is -2.24. The van der Waals surface area contributed by atoms with Crippen LogP contribution in [0.3, 0.4) is 0 Å². The van der Waals surface area contributed by atoms with E-state index in [0.29, 0.717) is 25.5 Å². The maximum absolute atomic E-state index is 12.5. The number of aryl methyl sites for hydroxylation is 2. The Kier molecular flexibility index (Phi) is 3.95. The summed E-state index contributed by atoms with van der Waals surface area (Å²) in [5.41, 5.74) is 0. The summed E-state index contributed by atoms with van der Waals surface area (Å²) in [5.74, 6) is 0.666. The molecule has 1 aliphatic rings. The van der Waals surface area contributed by atoms with Gasteiger partial charge in [0.25, 0.3) is 10.0 Å². The number of rotatable bonds is 4. The Bertz CT molecular complexity index is 554. The summed E-state index contributed by atoms with van der Waals surface area (Å²) in [4.78, 5) is 4.10. The van der Waals surface area contributed by atoms with Crippen LogP contribution in [0.4, 0.5) is 0 Å². The SMILES string of the molecule is CCn1cc(S(=O)(=O)N(C)[C@H]2CNC[C@@H]2O)nc1C. The van der Waals surface area contributed by atoms with Gasteiger partial charge in [-0.1, -0.05) is 0 Å². The molecule has 0 radical (unpaired) electrons. The molecule has 0 amide bonds. The van der Waals surface area contributed by atoms with E-state index in [4.69, 9.17) is 0 Å². The zero-order valence-electron chi connectivity index (χ0n) is 11.4. The summed E-state index contributed by atoms with van der Waals surface area (Å²) in [6.45, 7) is 5.23. The maximum Gasteiger partial charge on any atom is 0.262 e. The molecule has 2 heterocycles. The van der Waals surface area contributed by atoms with Crippen molar-refractivity contribution in [3.05, 3.63) is 12.0 Å². The van der Waals surface area contributed by atoms with E-state index in [2.05, 4.69) is 10.3 Å².